The number of nitrogens with zero attached hydrogens (tertiary/aromatic N) is 1. The Balaban J connectivity index is 1.70. The first-order chi connectivity index (χ1) is 13.1. The summed E-state index contributed by atoms with van der Waals surface area (Å²) in [7, 11) is 0. The van der Waals surface area contributed by atoms with E-state index in [0.29, 0.717) is 23.7 Å². The molecular weight excluding hydrogens is 344 g/mol. The summed E-state index contributed by atoms with van der Waals surface area (Å²) in [6.07, 6.45) is 0. The van der Waals surface area contributed by atoms with Crippen molar-refractivity contribution in [3.05, 3.63) is 66.2 Å². The first-order valence-electron chi connectivity index (χ1n) is 8.61. The number of hydrogen-bond donors (Lipinski definition) is 2. The smallest absolute Gasteiger partial charge is 0.322 e. The van der Waals surface area contributed by atoms with E-state index in [2.05, 4.69) is 11.4 Å². The molecule has 6 nitrogen and oxygen atoms in total. The second kappa shape index (κ2) is 6.99. The van der Waals surface area contributed by atoms with Crippen LogP contribution in [-0.2, 0) is 16.1 Å². The zero-order chi connectivity index (χ0) is 18.8. The number of ether oxygens (including phenoxy) is 1. The first kappa shape index (κ1) is 16.9. The van der Waals surface area contributed by atoms with Crippen LogP contribution in [-0.4, -0.2) is 30.1 Å². The Morgan fingerprint density at radius 1 is 1.07 bits per heavy atom. The summed E-state index contributed by atoms with van der Waals surface area (Å²) in [5.74, 6) is -0.581. The number of carboxylic acid groups (broad SMARTS) is 1. The third-order valence-corrected chi connectivity index (χ3v) is 4.51. The molecule has 0 aromatic heterocycles. The fourth-order valence-corrected chi connectivity index (χ4v) is 3.26. The highest BCUT2D eigenvalue weighted by atomic mass is 16.5. The van der Waals surface area contributed by atoms with Gasteiger partial charge < -0.3 is 15.2 Å². The SMILES string of the molecule is O=C(O)CNc1cccc2c1N(Cc1ccc3ccccc3c1)C(=O)CO2. The second-order valence-corrected chi connectivity index (χ2v) is 6.35. The van der Waals surface area contributed by atoms with Gasteiger partial charge in [-0.15, -0.1) is 0 Å². The summed E-state index contributed by atoms with van der Waals surface area (Å²) in [6.45, 7) is 0.100. The Morgan fingerprint density at radius 3 is 2.70 bits per heavy atom. The number of aliphatic carboxylic acids is 1. The summed E-state index contributed by atoms with van der Waals surface area (Å²) in [6, 6.07) is 19.4. The molecule has 4 rings (SSSR count). The topological polar surface area (TPSA) is 78.9 Å². The minimum Gasteiger partial charge on any atom is -0.481 e. The van der Waals surface area contributed by atoms with Crippen LogP contribution in [0.25, 0.3) is 10.8 Å². The molecule has 3 aromatic rings. The van der Waals surface area contributed by atoms with Crippen LogP contribution in [0, 0.1) is 0 Å². The molecule has 1 amide bonds. The van der Waals surface area contributed by atoms with E-state index in [1.54, 1.807) is 23.1 Å². The monoisotopic (exact) mass is 362 g/mol. The molecule has 0 saturated carbocycles. The number of carboxylic acids is 1. The molecule has 3 aromatic carbocycles. The van der Waals surface area contributed by atoms with E-state index in [1.807, 2.05) is 36.4 Å². The molecule has 0 radical (unpaired) electrons. The zero-order valence-corrected chi connectivity index (χ0v) is 14.5. The molecule has 0 fully saturated rings. The van der Waals surface area contributed by atoms with Crippen LogP contribution < -0.4 is 15.0 Å². The normalized spacial score (nSPS) is 13.2. The van der Waals surface area contributed by atoms with Gasteiger partial charge in [0, 0.05) is 0 Å². The van der Waals surface area contributed by atoms with E-state index in [1.165, 1.54) is 0 Å². The summed E-state index contributed by atoms with van der Waals surface area (Å²) in [5, 5.41) is 14.1. The van der Waals surface area contributed by atoms with Crippen molar-refractivity contribution in [1.29, 1.82) is 0 Å². The van der Waals surface area contributed by atoms with Crippen LogP contribution in [0.15, 0.2) is 60.7 Å². The van der Waals surface area contributed by atoms with Crippen LogP contribution in [0.3, 0.4) is 0 Å². The Kier molecular flexibility index (Phi) is 4.38. The van der Waals surface area contributed by atoms with Gasteiger partial charge in [0.05, 0.1) is 12.2 Å². The van der Waals surface area contributed by atoms with Gasteiger partial charge in [0.2, 0.25) is 0 Å². The molecule has 0 spiro atoms. The van der Waals surface area contributed by atoms with Crippen molar-refractivity contribution in [3.63, 3.8) is 0 Å². The summed E-state index contributed by atoms with van der Waals surface area (Å²) >= 11 is 0. The molecule has 1 aliphatic heterocycles. The quantitative estimate of drug-likeness (QED) is 0.728. The standard InChI is InChI=1S/C21H18N2O4/c24-19-13-27-18-7-3-6-17(22-11-20(25)26)21(18)23(19)12-14-8-9-15-4-1-2-5-16(15)10-14/h1-10,22H,11-13H2,(H,25,26). The van der Waals surface area contributed by atoms with Gasteiger partial charge in [-0.2, -0.15) is 0 Å². The number of carbonyl (C=O) groups is 2. The second-order valence-electron chi connectivity index (χ2n) is 6.35. The van der Waals surface area contributed by atoms with Gasteiger partial charge in [0.15, 0.2) is 6.61 Å². The number of amides is 1. The van der Waals surface area contributed by atoms with Gasteiger partial charge in [-0.05, 0) is 34.5 Å². The zero-order valence-electron chi connectivity index (χ0n) is 14.5. The van der Waals surface area contributed by atoms with Gasteiger partial charge in [-0.3, -0.25) is 14.5 Å². The van der Waals surface area contributed by atoms with Crippen molar-refractivity contribution in [2.24, 2.45) is 0 Å². The molecular formula is C21H18N2O4. The Hall–Kier alpha value is -3.54. The molecule has 136 valence electrons. The molecule has 2 N–H and O–H groups in total. The van der Waals surface area contributed by atoms with Crippen LogP contribution in [0.4, 0.5) is 11.4 Å². The lowest BCUT2D eigenvalue weighted by molar-refractivity contribution is -0.134. The highest BCUT2D eigenvalue weighted by Crippen LogP contribution is 2.39. The number of carbonyl (C=O) groups excluding carboxylic acids is 1. The number of benzene rings is 3. The van der Waals surface area contributed by atoms with E-state index < -0.39 is 5.97 Å². The number of para-hydroxylation sites is 1. The molecule has 0 atom stereocenters. The van der Waals surface area contributed by atoms with Crippen LogP contribution in [0.2, 0.25) is 0 Å². The summed E-state index contributed by atoms with van der Waals surface area (Å²) < 4.78 is 5.54. The predicted octanol–water partition coefficient (Wildman–Crippen LogP) is 3.26. The number of fused-ring (bicyclic) bond motifs is 2. The average Bonchev–Trinajstić information content (AvgIpc) is 2.68. The Bertz CT molecular complexity index is 1030. The number of nitrogens with one attached hydrogen (secondary N) is 1. The average molecular weight is 362 g/mol. The third kappa shape index (κ3) is 3.42. The summed E-state index contributed by atoms with van der Waals surface area (Å²) in [5.41, 5.74) is 2.12. The van der Waals surface area contributed by atoms with Gasteiger partial charge in [0.25, 0.3) is 5.91 Å². The number of hydrogen-bond acceptors (Lipinski definition) is 4. The van der Waals surface area contributed by atoms with Gasteiger partial charge >= 0.3 is 5.97 Å². The van der Waals surface area contributed by atoms with E-state index >= 15 is 0 Å². The molecule has 27 heavy (non-hydrogen) atoms. The minimum atomic E-state index is -0.975. The number of anilines is 2. The maximum atomic E-state index is 12.6. The third-order valence-electron chi connectivity index (χ3n) is 4.51. The van der Waals surface area contributed by atoms with Crippen molar-refractivity contribution < 1.29 is 19.4 Å². The van der Waals surface area contributed by atoms with Gasteiger partial charge in [-0.25, -0.2) is 0 Å². The highest BCUT2D eigenvalue weighted by Gasteiger charge is 2.28. The molecule has 0 unspecified atom stereocenters. The molecule has 1 heterocycles. The van der Waals surface area contributed by atoms with Crippen LogP contribution in [0.5, 0.6) is 5.75 Å². The minimum absolute atomic E-state index is 0.0387. The Morgan fingerprint density at radius 2 is 1.89 bits per heavy atom. The Labute approximate surface area is 156 Å². The fraction of sp³-hybridized carbons (Fsp3) is 0.143. The predicted molar refractivity (Wildman–Crippen MR) is 103 cm³/mol. The van der Waals surface area contributed by atoms with Gasteiger partial charge in [-0.1, -0.05) is 42.5 Å². The van der Waals surface area contributed by atoms with Crippen molar-refractivity contribution in [2.75, 3.05) is 23.4 Å². The van der Waals surface area contributed by atoms with E-state index in [0.717, 1.165) is 16.3 Å². The fourth-order valence-electron chi connectivity index (χ4n) is 3.26. The van der Waals surface area contributed by atoms with Crippen molar-refractivity contribution in [2.45, 2.75) is 6.54 Å². The van der Waals surface area contributed by atoms with E-state index in [9.17, 15) is 9.59 Å². The van der Waals surface area contributed by atoms with Crippen LogP contribution in [0.1, 0.15) is 5.56 Å². The molecule has 0 saturated heterocycles. The lowest BCUT2D eigenvalue weighted by atomic mass is 10.1. The van der Waals surface area contributed by atoms with Crippen molar-refractivity contribution >= 4 is 34.0 Å². The van der Waals surface area contributed by atoms with E-state index in [-0.39, 0.29) is 19.1 Å². The maximum Gasteiger partial charge on any atom is 0.322 e. The van der Waals surface area contributed by atoms with Crippen molar-refractivity contribution in [3.8, 4) is 5.75 Å². The molecule has 1 aliphatic rings. The molecule has 6 heteroatoms. The van der Waals surface area contributed by atoms with Crippen molar-refractivity contribution in [1.82, 2.24) is 0 Å². The van der Waals surface area contributed by atoms with Crippen LogP contribution >= 0.6 is 0 Å². The number of rotatable bonds is 5. The lowest BCUT2D eigenvalue weighted by Crippen LogP contribution is -2.38. The largest absolute Gasteiger partial charge is 0.481 e. The summed E-state index contributed by atoms with van der Waals surface area (Å²) in [4.78, 5) is 25.1. The first-order valence-corrected chi connectivity index (χ1v) is 8.61. The highest BCUT2D eigenvalue weighted by molar-refractivity contribution is 6.01. The molecule has 0 aliphatic carbocycles. The molecule has 0 bridgehead atoms. The lowest BCUT2D eigenvalue weighted by Gasteiger charge is -2.31. The van der Waals surface area contributed by atoms with E-state index in [4.69, 9.17) is 9.84 Å². The van der Waals surface area contributed by atoms with Gasteiger partial charge in [0.1, 0.15) is 18.0 Å². The maximum absolute atomic E-state index is 12.6.